The highest BCUT2D eigenvalue weighted by Crippen LogP contribution is 2.40. The number of amides is 1. The van der Waals surface area contributed by atoms with Crippen molar-refractivity contribution in [2.75, 3.05) is 142 Å². The lowest BCUT2D eigenvalue weighted by atomic mass is 10.1. The van der Waals surface area contributed by atoms with E-state index < -0.39 is 0 Å². The molecule has 656 valence electrons. The van der Waals surface area contributed by atoms with Gasteiger partial charge in [-0.1, -0.05) is 121 Å². The number of rotatable bonds is 26. The van der Waals surface area contributed by atoms with E-state index in [4.69, 9.17) is 83.0 Å². The highest BCUT2D eigenvalue weighted by Gasteiger charge is 2.22. The van der Waals surface area contributed by atoms with Crippen LogP contribution < -0.4 is 53.3 Å². The average molecular weight is 1730 g/mol. The number of nitrogens with zero attached hydrogens (tertiary/aromatic N) is 15. The molecular formula is C102H103N17O10. The zero-order chi connectivity index (χ0) is 88.4. The Kier molecular flexibility index (Phi) is 27.5. The topological polar surface area (TPSA) is 255 Å². The van der Waals surface area contributed by atoms with Gasteiger partial charge in [0.1, 0.15) is 65.2 Å². The van der Waals surface area contributed by atoms with Crippen molar-refractivity contribution < 1.29 is 47.4 Å². The van der Waals surface area contributed by atoms with Gasteiger partial charge in [0, 0.05) is 86.2 Å². The number of fused-ring (bicyclic) bond motifs is 8. The Hall–Kier alpha value is -14.8. The number of benzene rings is 8. The molecule has 0 saturated carbocycles. The Morgan fingerprint density at radius 3 is 1.11 bits per heavy atom. The summed E-state index contributed by atoms with van der Waals surface area (Å²) in [5.74, 6) is 9.96. The van der Waals surface area contributed by atoms with E-state index >= 15 is 0 Å². The van der Waals surface area contributed by atoms with E-state index in [1.165, 1.54) is 22.3 Å². The molecule has 12 heterocycles. The number of carbonyl (C=O) groups excluding carboxylic acids is 1. The fraction of sp³-hybridized carbons (Fsp3) is 0.245. The molecule has 20 rings (SSSR count). The van der Waals surface area contributed by atoms with Gasteiger partial charge >= 0.3 is 0 Å². The molecule has 129 heavy (non-hydrogen) atoms. The monoisotopic (exact) mass is 1730 g/mol. The number of likely N-dealkylation sites (N-methyl/N-ethyl adjacent to an activating group) is 4. The van der Waals surface area contributed by atoms with Crippen LogP contribution in [0.25, 0.3) is 79.8 Å². The van der Waals surface area contributed by atoms with Crippen LogP contribution in [0.4, 0.5) is 0 Å². The third-order valence-electron chi connectivity index (χ3n) is 21.5. The quantitative estimate of drug-likeness (QED) is 0.0478. The number of hydrogen-bond donors (Lipinski definition) is 2. The molecule has 0 unspecified atom stereocenters. The van der Waals surface area contributed by atoms with Crippen molar-refractivity contribution in [2.24, 2.45) is 0 Å². The minimum Gasteiger partial charge on any atom is -0.492 e. The van der Waals surface area contributed by atoms with E-state index in [9.17, 15) is 4.79 Å². The van der Waals surface area contributed by atoms with Crippen LogP contribution in [0.2, 0.25) is 0 Å². The molecule has 0 aliphatic carbocycles. The fourth-order valence-corrected chi connectivity index (χ4v) is 15.2. The maximum atomic E-state index is 12.5. The number of pyridine rings is 4. The molecule has 27 heteroatoms. The van der Waals surface area contributed by atoms with E-state index in [0.29, 0.717) is 103 Å². The van der Waals surface area contributed by atoms with Gasteiger partial charge in [0.25, 0.3) is 5.91 Å². The second-order valence-corrected chi connectivity index (χ2v) is 32.2. The average Bonchev–Trinajstić information content (AvgIpc) is 1.66. The molecule has 4 aliphatic heterocycles. The van der Waals surface area contributed by atoms with Gasteiger partial charge in [0.2, 0.25) is 0 Å². The van der Waals surface area contributed by atoms with E-state index in [0.717, 1.165) is 174 Å². The number of carbonyl (C=O) groups is 1. The molecule has 0 atom stereocenters. The highest BCUT2D eigenvalue weighted by atomic mass is 16.6. The smallest absolute Gasteiger partial charge is 0.251 e. The lowest BCUT2D eigenvalue weighted by Crippen LogP contribution is -2.31. The van der Waals surface area contributed by atoms with Gasteiger partial charge in [0.05, 0.1) is 22.8 Å². The summed E-state index contributed by atoms with van der Waals surface area (Å²) in [5.41, 5.74) is 18.5. The predicted molar refractivity (Wildman–Crippen MR) is 500 cm³/mol. The molecule has 16 aromatic rings. The second kappa shape index (κ2) is 41.1. The Morgan fingerprint density at radius 2 is 0.713 bits per heavy atom. The van der Waals surface area contributed by atoms with Crippen molar-refractivity contribution in [1.29, 1.82) is 0 Å². The summed E-state index contributed by atoms with van der Waals surface area (Å²) in [4.78, 5) is 37.8. The summed E-state index contributed by atoms with van der Waals surface area (Å²) in [5, 5.41) is 25.2. The zero-order valence-corrected chi connectivity index (χ0v) is 73.4. The van der Waals surface area contributed by atoms with Crippen LogP contribution in [-0.2, 0) is 25.7 Å². The largest absolute Gasteiger partial charge is 0.492 e. The SMILES string of the molecule is CN(C)C/C=C/c1ccc(Cc2nc3cccc(-c4ccc5c(c4)OCCO5)n3n2)cc1.CN(C)C/C=C/c1cccc(Cc2nc3cccc(-c4ccc5c(c4)OCCO5)n3n2)c1.CN(C)CCNC(=O)c1cccc(Cc2nc3cccc(-c4ccc5c(c4)OCCO5)n3n2)c1.CNCCOc1cccc(Cc2nc3cccc(-c4ccc5c(c4)OCCO5)n3n2)c1. The molecule has 0 spiro atoms. The molecule has 8 aromatic carbocycles. The van der Waals surface area contributed by atoms with Crippen LogP contribution >= 0.6 is 0 Å². The summed E-state index contributed by atoms with van der Waals surface area (Å²) < 4.78 is 58.9. The fourth-order valence-electron chi connectivity index (χ4n) is 15.2. The predicted octanol–water partition coefficient (Wildman–Crippen LogP) is 15.1. The molecular weight excluding hydrogens is 1620 g/mol. The zero-order valence-electron chi connectivity index (χ0n) is 73.4. The third-order valence-corrected chi connectivity index (χ3v) is 21.5. The summed E-state index contributed by atoms with van der Waals surface area (Å²) >= 11 is 0. The molecule has 1 amide bonds. The number of nitrogens with one attached hydrogen (secondary N) is 2. The van der Waals surface area contributed by atoms with Gasteiger partial charge < -0.3 is 68.0 Å². The first-order valence-electron chi connectivity index (χ1n) is 43.4. The molecule has 8 aromatic heterocycles. The standard InChI is InChI=1S/C26H27N5O3.2C26H26N4O2.C24H24N4O3/c1-30(2)12-11-27-26(32)20-6-3-5-18(15-20)16-24-28-25-8-4-7-21(31(25)29-24)19-9-10-22-23(17-19)34-14-13-33-22;1-29(2)13-5-8-19-6-3-7-20(16-19)17-25-27-26-10-4-9-22(30(26)28-25)21-11-12-23-24(18-21)32-15-14-31-23;1-29(2)14-4-5-19-8-10-20(11-9-19)17-25-27-26-7-3-6-22(30(26)28-25)21-12-13-23-24(18-21)32-16-15-31-23;1-25-10-11-29-19-5-2-4-17(14-19)15-23-26-24-7-3-6-20(28(24)27-23)18-8-9-21-22(16-18)31-13-12-30-21/h3-10,15,17H,11-14,16H2,1-2H3,(H,27,32);3-12,16,18H,13-15,17H2,1-2H3;3-13,18H,14-17H2,1-2H3;2-9,14,16,25H,10-13,15H2,1H3/b;8-5+;5-4+;. The summed E-state index contributed by atoms with van der Waals surface area (Å²) in [7, 11) is 14.1. The van der Waals surface area contributed by atoms with Crippen molar-refractivity contribution in [3.8, 4) is 96.8 Å². The van der Waals surface area contributed by atoms with Crippen molar-refractivity contribution in [3.05, 3.63) is 317 Å². The molecule has 0 radical (unpaired) electrons. The normalized spacial score (nSPS) is 13.1. The summed E-state index contributed by atoms with van der Waals surface area (Å²) in [6, 6.07) is 80.6. The maximum Gasteiger partial charge on any atom is 0.251 e. The number of ether oxygens (including phenoxy) is 9. The first-order valence-corrected chi connectivity index (χ1v) is 43.4. The Balaban J connectivity index is 0.000000121. The van der Waals surface area contributed by atoms with Crippen LogP contribution in [0, 0.1) is 0 Å². The first-order chi connectivity index (χ1) is 63.2. The van der Waals surface area contributed by atoms with E-state index in [1.54, 1.807) is 0 Å². The lowest BCUT2D eigenvalue weighted by molar-refractivity contribution is 0.0950. The van der Waals surface area contributed by atoms with Gasteiger partial charge in [-0.25, -0.2) is 38.0 Å². The first kappa shape index (κ1) is 86.4. The van der Waals surface area contributed by atoms with Gasteiger partial charge in [-0.3, -0.25) is 4.79 Å². The van der Waals surface area contributed by atoms with Crippen LogP contribution in [0.1, 0.15) is 67.0 Å². The van der Waals surface area contributed by atoms with Crippen molar-refractivity contribution in [1.82, 2.24) is 83.7 Å². The molecule has 4 aliphatic rings. The molecule has 2 N–H and O–H groups in total. The Labute approximate surface area is 748 Å². The van der Waals surface area contributed by atoms with Crippen molar-refractivity contribution >= 4 is 40.6 Å². The molecule has 0 fully saturated rings. The Morgan fingerprint density at radius 1 is 0.357 bits per heavy atom. The molecule has 0 saturated heterocycles. The van der Waals surface area contributed by atoms with Gasteiger partial charge in [-0.2, -0.15) is 20.4 Å². The van der Waals surface area contributed by atoms with E-state index in [2.05, 4.69) is 128 Å². The molecule has 0 bridgehead atoms. The maximum absolute atomic E-state index is 12.5. The van der Waals surface area contributed by atoms with Gasteiger partial charge in [-0.15, -0.1) is 0 Å². The molecule has 27 nitrogen and oxygen atoms in total. The lowest BCUT2D eigenvalue weighted by Gasteiger charge is -2.19. The van der Waals surface area contributed by atoms with Crippen LogP contribution in [0.15, 0.2) is 255 Å². The van der Waals surface area contributed by atoms with Gasteiger partial charge in [-0.05, 0) is 228 Å². The van der Waals surface area contributed by atoms with Crippen molar-refractivity contribution in [3.63, 3.8) is 0 Å². The summed E-state index contributed by atoms with van der Waals surface area (Å²) in [6.45, 7) is 9.23. The summed E-state index contributed by atoms with van der Waals surface area (Å²) in [6.07, 6.45) is 11.2. The third kappa shape index (κ3) is 22.0. The van der Waals surface area contributed by atoms with Crippen LogP contribution in [0.5, 0.6) is 51.7 Å². The van der Waals surface area contributed by atoms with Crippen molar-refractivity contribution in [2.45, 2.75) is 25.7 Å². The second-order valence-electron chi connectivity index (χ2n) is 32.2. The Bertz CT molecular complexity index is 6650. The minimum absolute atomic E-state index is 0.0763. The minimum atomic E-state index is -0.0763. The van der Waals surface area contributed by atoms with Gasteiger partial charge in [0.15, 0.2) is 91.9 Å². The van der Waals surface area contributed by atoms with Crippen LogP contribution in [-0.4, -0.2) is 221 Å². The van der Waals surface area contributed by atoms with E-state index in [-0.39, 0.29) is 5.91 Å². The number of aromatic nitrogens is 12. The van der Waals surface area contributed by atoms with E-state index in [1.807, 2.05) is 232 Å². The van der Waals surface area contributed by atoms with Crippen LogP contribution in [0.3, 0.4) is 0 Å². The number of hydrogen-bond acceptors (Lipinski definition) is 22. The highest BCUT2D eigenvalue weighted by molar-refractivity contribution is 5.94.